The summed E-state index contributed by atoms with van der Waals surface area (Å²) in [7, 11) is -1.33. The third kappa shape index (κ3) is 13.8. The fraction of sp³-hybridized carbons (Fsp3) is 0.857. The molecule has 16 heavy (non-hydrogen) atoms. The quantitative estimate of drug-likeness (QED) is 0.279. The molecule has 0 aromatic rings. The molecule has 0 aliphatic rings. The Bertz CT molecular complexity index is 170. The van der Waals surface area contributed by atoms with Gasteiger partial charge in [0.2, 0.25) is 8.32 Å². The molecule has 0 aromatic heterocycles. The molecule has 0 aromatic carbocycles. The minimum Gasteiger partial charge on any atom is -0.550 e. The van der Waals surface area contributed by atoms with Gasteiger partial charge in [0, 0.05) is 0 Å². The van der Waals surface area contributed by atoms with Crippen molar-refractivity contribution in [1.29, 1.82) is 0 Å². The minimum absolute atomic E-state index is 1.18. The van der Waals surface area contributed by atoms with E-state index in [1.165, 1.54) is 51.4 Å². The highest BCUT2D eigenvalue weighted by atomic mass is 28.4. The maximum absolute atomic E-state index is 5.65. The van der Waals surface area contributed by atoms with Crippen molar-refractivity contribution in [2.75, 3.05) is 0 Å². The van der Waals surface area contributed by atoms with Gasteiger partial charge in [-0.2, -0.15) is 0 Å². The Balaban J connectivity index is 3.15. The van der Waals surface area contributed by atoms with Crippen molar-refractivity contribution in [3.05, 3.63) is 12.3 Å². The number of unbranched alkanes of at least 4 members (excludes halogenated alkanes) is 7. The molecule has 0 saturated heterocycles. The lowest BCUT2D eigenvalue weighted by Crippen LogP contribution is -2.21. The molecule has 0 bridgehead atoms. The van der Waals surface area contributed by atoms with Gasteiger partial charge in [0.05, 0.1) is 6.26 Å². The summed E-state index contributed by atoms with van der Waals surface area (Å²) in [4.78, 5) is 0. The Morgan fingerprint density at radius 2 is 1.44 bits per heavy atom. The van der Waals surface area contributed by atoms with Crippen LogP contribution in [0, 0.1) is 0 Å². The van der Waals surface area contributed by atoms with E-state index in [2.05, 4.69) is 32.6 Å². The Morgan fingerprint density at radius 3 is 2.00 bits per heavy atom. The Kier molecular flexibility index (Phi) is 9.79. The maximum atomic E-state index is 5.65. The maximum Gasteiger partial charge on any atom is 0.241 e. The third-order valence-electron chi connectivity index (χ3n) is 2.49. The summed E-state index contributed by atoms with van der Waals surface area (Å²) in [6.45, 7) is 8.91. The second kappa shape index (κ2) is 9.95. The minimum atomic E-state index is -1.33. The molecule has 0 amide bonds. The average Bonchev–Trinajstić information content (AvgIpc) is 2.19. The first-order chi connectivity index (χ1) is 7.56. The van der Waals surface area contributed by atoms with E-state index >= 15 is 0 Å². The first-order valence-corrected chi connectivity index (χ1v) is 10.3. The van der Waals surface area contributed by atoms with Crippen molar-refractivity contribution in [3.63, 3.8) is 0 Å². The molecule has 0 radical (unpaired) electrons. The topological polar surface area (TPSA) is 9.23 Å². The van der Waals surface area contributed by atoms with Crippen LogP contribution in [-0.2, 0) is 4.43 Å². The normalized spacial score (nSPS) is 12.2. The highest BCUT2D eigenvalue weighted by Gasteiger charge is 2.12. The standard InChI is InChI=1S/C14H30OSi/c1-5-6-7-8-9-10-11-12-13-14-15-16(2,3)4/h13-14H,5-12H2,1-4H3/b14-13+. The van der Waals surface area contributed by atoms with Crippen LogP contribution in [0.4, 0.5) is 0 Å². The SMILES string of the molecule is CCCCCCCCC/C=C/O[Si](C)(C)C. The Morgan fingerprint density at radius 1 is 0.875 bits per heavy atom. The lowest BCUT2D eigenvalue weighted by molar-refractivity contribution is 0.475. The molecule has 0 heterocycles. The van der Waals surface area contributed by atoms with Gasteiger partial charge in [0.25, 0.3) is 0 Å². The molecular formula is C14H30OSi. The molecule has 96 valence electrons. The first-order valence-electron chi connectivity index (χ1n) is 6.89. The number of rotatable bonds is 10. The predicted octanol–water partition coefficient (Wildman–Crippen LogP) is 5.49. The summed E-state index contributed by atoms with van der Waals surface area (Å²) >= 11 is 0. The molecule has 0 fully saturated rings. The fourth-order valence-electron chi connectivity index (χ4n) is 1.54. The lowest BCUT2D eigenvalue weighted by Gasteiger charge is -2.14. The summed E-state index contributed by atoms with van der Waals surface area (Å²) in [6, 6.07) is 0. The number of allylic oxidation sites excluding steroid dienone is 1. The second-order valence-electron chi connectivity index (χ2n) is 5.51. The molecule has 0 unspecified atom stereocenters. The van der Waals surface area contributed by atoms with Crippen molar-refractivity contribution < 1.29 is 4.43 Å². The van der Waals surface area contributed by atoms with E-state index in [4.69, 9.17) is 4.43 Å². The van der Waals surface area contributed by atoms with Crippen LogP contribution in [0.15, 0.2) is 12.3 Å². The van der Waals surface area contributed by atoms with E-state index < -0.39 is 8.32 Å². The Hall–Kier alpha value is -0.243. The zero-order chi connectivity index (χ0) is 12.3. The van der Waals surface area contributed by atoms with Crippen molar-refractivity contribution in [1.82, 2.24) is 0 Å². The van der Waals surface area contributed by atoms with Crippen molar-refractivity contribution in [2.24, 2.45) is 0 Å². The van der Waals surface area contributed by atoms with Gasteiger partial charge in [-0.1, -0.05) is 51.5 Å². The van der Waals surface area contributed by atoms with Crippen LogP contribution in [0.1, 0.15) is 58.3 Å². The van der Waals surface area contributed by atoms with Crippen molar-refractivity contribution in [3.8, 4) is 0 Å². The molecule has 1 nitrogen and oxygen atoms in total. The molecule has 0 saturated carbocycles. The molecule has 0 atom stereocenters. The first kappa shape index (κ1) is 15.8. The van der Waals surface area contributed by atoms with Crippen molar-refractivity contribution in [2.45, 2.75) is 77.9 Å². The smallest absolute Gasteiger partial charge is 0.241 e. The van der Waals surface area contributed by atoms with Gasteiger partial charge < -0.3 is 4.43 Å². The molecule has 2 heteroatoms. The van der Waals surface area contributed by atoms with Crippen LogP contribution in [0.5, 0.6) is 0 Å². The summed E-state index contributed by atoms with van der Waals surface area (Å²) in [5.41, 5.74) is 0. The Labute approximate surface area is 103 Å². The van der Waals surface area contributed by atoms with Gasteiger partial charge in [-0.05, 0) is 32.5 Å². The highest BCUT2D eigenvalue weighted by Crippen LogP contribution is 2.09. The summed E-state index contributed by atoms with van der Waals surface area (Å²) in [5, 5.41) is 0. The molecule has 0 rings (SSSR count). The monoisotopic (exact) mass is 242 g/mol. The molecule has 0 aliphatic carbocycles. The number of hydrogen-bond acceptors (Lipinski definition) is 1. The highest BCUT2D eigenvalue weighted by molar-refractivity contribution is 6.69. The number of hydrogen-bond donors (Lipinski definition) is 0. The zero-order valence-electron chi connectivity index (χ0n) is 11.7. The van der Waals surface area contributed by atoms with Crippen LogP contribution in [-0.4, -0.2) is 8.32 Å². The summed E-state index contributed by atoms with van der Waals surface area (Å²) < 4.78 is 5.65. The molecule has 0 N–H and O–H groups in total. The molecule has 0 spiro atoms. The zero-order valence-corrected chi connectivity index (χ0v) is 12.7. The van der Waals surface area contributed by atoms with Gasteiger partial charge in [0.15, 0.2) is 0 Å². The largest absolute Gasteiger partial charge is 0.550 e. The van der Waals surface area contributed by atoms with E-state index in [0.29, 0.717) is 0 Å². The third-order valence-corrected chi connectivity index (χ3v) is 3.34. The summed E-state index contributed by atoms with van der Waals surface area (Å²) in [6.07, 6.45) is 15.0. The average molecular weight is 242 g/mol. The van der Waals surface area contributed by atoms with Crippen LogP contribution in [0.2, 0.25) is 19.6 Å². The van der Waals surface area contributed by atoms with E-state index in [1.807, 2.05) is 6.26 Å². The van der Waals surface area contributed by atoms with Crippen LogP contribution < -0.4 is 0 Å². The van der Waals surface area contributed by atoms with Crippen LogP contribution >= 0.6 is 0 Å². The predicted molar refractivity (Wildman–Crippen MR) is 76.2 cm³/mol. The summed E-state index contributed by atoms with van der Waals surface area (Å²) in [5.74, 6) is 0. The van der Waals surface area contributed by atoms with Gasteiger partial charge >= 0.3 is 0 Å². The van der Waals surface area contributed by atoms with Gasteiger partial charge in [-0.3, -0.25) is 0 Å². The van der Waals surface area contributed by atoms with Crippen molar-refractivity contribution >= 4 is 8.32 Å². The van der Waals surface area contributed by atoms with E-state index in [9.17, 15) is 0 Å². The van der Waals surface area contributed by atoms with Gasteiger partial charge in [-0.15, -0.1) is 0 Å². The van der Waals surface area contributed by atoms with E-state index in [0.717, 1.165) is 0 Å². The molecule has 0 aliphatic heterocycles. The van der Waals surface area contributed by atoms with Crippen LogP contribution in [0.25, 0.3) is 0 Å². The molecular weight excluding hydrogens is 212 g/mol. The lowest BCUT2D eigenvalue weighted by atomic mass is 10.1. The van der Waals surface area contributed by atoms with E-state index in [1.54, 1.807) is 0 Å². The fourth-order valence-corrected chi connectivity index (χ4v) is 2.04. The van der Waals surface area contributed by atoms with Crippen LogP contribution in [0.3, 0.4) is 0 Å². The van der Waals surface area contributed by atoms with Gasteiger partial charge in [0.1, 0.15) is 0 Å². The van der Waals surface area contributed by atoms with Gasteiger partial charge in [-0.25, -0.2) is 0 Å². The van der Waals surface area contributed by atoms with E-state index in [-0.39, 0.29) is 0 Å². The second-order valence-corrected chi connectivity index (χ2v) is 9.97.